The number of alkyl halides is 3. The van der Waals surface area contributed by atoms with Crippen molar-refractivity contribution in [3.63, 3.8) is 0 Å². The van der Waals surface area contributed by atoms with Crippen molar-refractivity contribution < 1.29 is 18.0 Å². The van der Waals surface area contributed by atoms with Crippen molar-refractivity contribution in [2.75, 3.05) is 5.75 Å². The van der Waals surface area contributed by atoms with E-state index in [1.165, 1.54) is 6.07 Å². The molecule has 0 fully saturated rings. The molecule has 1 aromatic carbocycles. The Labute approximate surface area is 146 Å². The molecule has 0 aliphatic rings. The van der Waals surface area contributed by atoms with Gasteiger partial charge in [-0.2, -0.15) is 13.2 Å². The van der Waals surface area contributed by atoms with Crippen LogP contribution in [0.1, 0.15) is 27.3 Å². The number of nitrogens with zero attached hydrogens (tertiary/aromatic N) is 2. The number of rotatable bonds is 4. The van der Waals surface area contributed by atoms with E-state index < -0.39 is 11.7 Å². The van der Waals surface area contributed by atoms with Crippen LogP contribution >= 0.6 is 11.8 Å². The molecule has 2 heterocycles. The first-order valence-corrected chi connectivity index (χ1v) is 8.53. The second-order valence-corrected chi connectivity index (χ2v) is 6.76. The maximum atomic E-state index is 12.8. The van der Waals surface area contributed by atoms with Crippen molar-refractivity contribution >= 4 is 23.2 Å². The normalized spacial score (nSPS) is 11.9. The largest absolute Gasteiger partial charge is 0.416 e. The minimum absolute atomic E-state index is 0.0455. The Balaban J connectivity index is 1.81. The summed E-state index contributed by atoms with van der Waals surface area (Å²) < 4.78 is 40.0. The minimum Gasteiger partial charge on any atom is -0.297 e. The Bertz CT molecular complexity index is 947. The molecule has 0 radical (unpaired) electrons. The number of thioether (sulfide) groups is 1. The van der Waals surface area contributed by atoms with Gasteiger partial charge in [-0.1, -0.05) is 6.07 Å². The van der Waals surface area contributed by atoms with E-state index in [4.69, 9.17) is 0 Å². The second-order valence-electron chi connectivity index (χ2n) is 5.72. The van der Waals surface area contributed by atoms with Crippen molar-refractivity contribution in [3.8, 4) is 0 Å². The molecule has 0 saturated heterocycles. The quantitative estimate of drug-likeness (QED) is 0.485. The third-order valence-electron chi connectivity index (χ3n) is 3.75. The summed E-state index contributed by atoms with van der Waals surface area (Å²) in [7, 11) is 0. The first-order valence-electron chi connectivity index (χ1n) is 7.54. The van der Waals surface area contributed by atoms with Crippen LogP contribution in [0.15, 0.2) is 47.5 Å². The van der Waals surface area contributed by atoms with Gasteiger partial charge in [-0.05, 0) is 49.7 Å². The summed E-state index contributed by atoms with van der Waals surface area (Å²) in [5.41, 5.74) is 2.08. The Kier molecular flexibility index (Phi) is 4.60. The standard InChI is InChI=1S/C18H15F3N2OS/c1-11-6-7-23-16(8-11)22-12(2)17(23)15(24)10-25-14-5-3-4-13(9-14)18(19,20)21/h3-9H,10H2,1-2H3. The first-order chi connectivity index (χ1) is 11.8. The van der Waals surface area contributed by atoms with Gasteiger partial charge >= 0.3 is 6.18 Å². The van der Waals surface area contributed by atoms with Crippen LogP contribution in [-0.4, -0.2) is 20.9 Å². The molecule has 0 amide bonds. The Morgan fingerprint density at radius 3 is 2.68 bits per heavy atom. The number of Topliss-reactive ketones (excluding diaryl/α,β-unsaturated/α-hetero) is 1. The van der Waals surface area contributed by atoms with Gasteiger partial charge in [-0.3, -0.25) is 9.20 Å². The summed E-state index contributed by atoms with van der Waals surface area (Å²) in [5.74, 6) is -0.125. The Hall–Kier alpha value is -2.28. The average molecular weight is 364 g/mol. The summed E-state index contributed by atoms with van der Waals surface area (Å²) in [6.07, 6.45) is -2.61. The van der Waals surface area contributed by atoms with E-state index >= 15 is 0 Å². The molecule has 0 saturated carbocycles. The zero-order valence-corrected chi connectivity index (χ0v) is 14.4. The van der Waals surface area contributed by atoms with Crippen LogP contribution in [0.25, 0.3) is 5.65 Å². The third-order valence-corrected chi connectivity index (χ3v) is 4.75. The Morgan fingerprint density at radius 2 is 1.96 bits per heavy atom. The lowest BCUT2D eigenvalue weighted by Crippen LogP contribution is -2.08. The highest BCUT2D eigenvalue weighted by Crippen LogP contribution is 2.32. The monoisotopic (exact) mass is 364 g/mol. The molecule has 0 spiro atoms. The number of ketones is 1. The van der Waals surface area contributed by atoms with Crippen LogP contribution in [0, 0.1) is 13.8 Å². The number of carbonyl (C=O) groups is 1. The van der Waals surface area contributed by atoms with Crippen molar-refractivity contribution in [2.45, 2.75) is 24.9 Å². The van der Waals surface area contributed by atoms with Gasteiger partial charge in [-0.15, -0.1) is 11.8 Å². The fourth-order valence-corrected chi connectivity index (χ4v) is 3.40. The fraction of sp³-hybridized carbons (Fsp3) is 0.222. The van der Waals surface area contributed by atoms with Gasteiger partial charge in [0.15, 0.2) is 5.78 Å². The molecule has 3 rings (SSSR count). The molecule has 3 aromatic rings. The topological polar surface area (TPSA) is 34.4 Å². The molecule has 3 nitrogen and oxygen atoms in total. The molecule has 0 aliphatic carbocycles. The number of aryl methyl sites for hydroxylation is 2. The van der Waals surface area contributed by atoms with E-state index in [2.05, 4.69) is 4.98 Å². The second kappa shape index (κ2) is 6.55. The number of benzene rings is 1. The number of hydrogen-bond donors (Lipinski definition) is 0. The zero-order valence-electron chi connectivity index (χ0n) is 13.6. The predicted molar refractivity (Wildman–Crippen MR) is 91.2 cm³/mol. The number of halogens is 3. The predicted octanol–water partition coefficient (Wildman–Crippen LogP) is 4.94. The molecule has 7 heteroatoms. The zero-order chi connectivity index (χ0) is 18.2. The number of aromatic nitrogens is 2. The van der Waals surface area contributed by atoms with Crippen molar-refractivity contribution in [2.24, 2.45) is 0 Å². The summed E-state index contributed by atoms with van der Waals surface area (Å²) in [5, 5.41) is 0. The van der Waals surface area contributed by atoms with Crippen LogP contribution in [-0.2, 0) is 6.18 Å². The molecule has 25 heavy (non-hydrogen) atoms. The SMILES string of the molecule is Cc1ccn2c(C(=O)CSc3cccc(C(F)(F)F)c3)c(C)nc2c1. The van der Waals surface area contributed by atoms with Gasteiger partial charge < -0.3 is 0 Å². The fourth-order valence-electron chi connectivity index (χ4n) is 2.58. The molecule has 0 atom stereocenters. The van der Waals surface area contributed by atoms with Gasteiger partial charge in [0.05, 0.1) is 17.0 Å². The molecule has 2 aromatic heterocycles. The highest BCUT2D eigenvalue weighted by atomic mass is 32.2. The highest BCUT2D eigenvalue weighted by molar-refractivity contribution is 8.00. The third kappa shape index (κ3) is 3.71. The maximum absolute atomic E-state index is 12.8. The molecular formula is C18H15F3N2OS. The Morgan fingerprint density at radius 1 is 1.20 bits per heavy atom. The summed E-state index contributed by atoms with van der Waals surface area (Å²) in [6, 6.07) is 8.75. The molecule has 0 unspecified atom stereocenters. The highest BCUT2D eigenvalue weighted by Gasteiger charge is 2.30. The molecule has 0 bridgehead atoms. The van der Waals surface area contributed by atoms with E-state index in [9.17, 15) is 18.0 Å². The lowest BCUT2D eigenvalue weighted by molar-refractivity contribution is -0.137. The number of hydrogen-bond acceptors (Lipinski definition) is 3. The summed E-state index contributed by atoms with van der Waals surface area (Å²) in [6.45, 7) is 3.69. The number of imidazole rings is 1. The minimum atomic E-state index is -4.39. The molecule has 130 valence electrons. The van der Waals surface area contributed by atoms with Crippen molar-refractivity contribution in [1.82, 2.24) is 9.38 Å². The number of fused-ring (bicyclic) bond motifs is 1. The van der Waals surface area contributed by atoms with Crippen LogP contribution in [0.2, 0.25) is 0 Å². The van der Waals surface area contributed by atoms with Crippen LogP contribution < -0.4 is 0 Å². The maximum Gasteiger partial charge on any atom is 0.416 e. The van der Waals surface area contributed by atoms with Crippen LogP contribution in [0.4, 0.5) is 13.2 Å². The average Bonchev–Trinajstić information content (AvgIpc) is 2.87. The lowest BCUT2D eigenvalue weighted by atomic mass is 10.2. The summed E-state index contributed by atoms with van der Waals surface area (Å²) >= 11 is 1.09. The van der Waals surface area contributed by atoms with Gasteiger partial charge in [0.25, 0.3) is 0 Å². The van der Waals surface area contributed by atoms with Gasteiger partial charge in [-0.25, -0.2) is 4.98 Å². The first kappa shape index (κ1) is 17.5. The van der Waals surface area contributed by atoms with E-state index in [1.807, 2.05) is 19.1 Å². The van der Waals surface area contributed by atoms with E-state index in [-0.39, 0.29) is 11.5 Å². The molecule has 0 aliphatic heterocycles. The van der Waals surface area contributed by atoms with E-state index in [0.717, 1.165) is 29.5 Å². The smallest absolute Gasteiger partial charge is 0.297 e. The molecule has 0 N–H and O–H groups in total. The lowest BCUT2D eigenvalue weighted by Gasteiger charge is -2.08. The van der Waals surface area contributed by atoms with Crippen LogP contribution in [0.5, 0.6) is 0 Å². The van der Waals surface area contributed by atoms with Crippen molar-refractivity contribution in [3.05, 3.63) is 65.1 Å². The van der Waals surface area contributed by atoms with Gasteiger partial charge in [0, 0.05) is 11.1 Å². The number of carbonyl (C=O) groups excluding carboxylic acids is 1. The van der Waals surface area contributed by atoms with E-state index in [1.54, 1.807) is 23.6 Å². The number of pyridine rings is 1. The van der Waals surface area contributed by atoms with E-state index in [0.29, 0.717) is 21.9 Å². The summed E-state index contributed by atoms with van der Waals surface area (Å²) in [4.78, 5) is 17.4. The molecular weight excluding hydrogens is 349 g/mol. The van der Waals surface area contributed by atoms with Crippen LogP contribution in [0.3, 0.4) is 0 Å². The van der Waals surface area contributed by atoms with Crippen molar-refractivity contribution in [1.29, 1.82) is 0 Å². The van der Waals surface area contributed by atoms with Gasteiger partial charge in [0.2, 0.25) is 0 Å². The van der Waals surface area contributed by atoms with Gasteiger partial charge in [0.1, 0.15) is 11.3 Å².